The normalized spacial score (nSPS) is 16.4. The lowest BCUT2D eigenvalue weighted by molar-refractivity contribution is -0.138. The van der Waals surface area contributed by atoms with Crippen molar-refractivity contribution in [3.05, 3.63) is 45.9 Å². The van der Waals surface area contributed by atoms with Crippen molar-refractivity contribution >= 4 is 34.7 Å². The molecule has 0 saturated carbocycles. The third-order valence-corrected chi connectivity index (χ3v) is 5.58. The minimum absolute atomic E-state index is 0.0548. The van der Waals surface area contributed by atoms with E-state index in [1.165, 1.54) is 16.3 Å². The molecule has 0 spiro atoms. The van der Waals surface area contributed by atoms with Crippen molar-refractivity contribution in [1.29, 1.82) is 0 Å². The third kappa shape index (κ3) is 4.65. The Hall–Kier alpha value is -2.85. The van der Waals surface area contributed by atoms with E-state index >= 15 is 0 Å². The molecule has 0 unspecified atom stereocenters. The van der Waals surface area contributed by atoms with E-state index in [0.29, 0.717) is 40.3 Å². The minimum atomic E-state index is -0.505. The fraction of sp³-hybridized carbons (Fsp3) is 0.400. The van der Waals surface area contributed by atoms with Crippen LogP contribution in [0.3, 0.4) is 0 Å². The molecule has 3 N–H and O–H groups in total. The molecule has 2 heterocycles. The number of fused-ring (bicyclic) bond motifs is 1. The average Bonchev–Trinajstić information content (AvgIpc) is 2.71. The van der Waals surface area contributed by atoms with E-state index < -0.39 is 18.0 Å². The zero-order chi connectivity index (χ0) is 21.7. The molecule has 30 heavy (non-hydrogen) atoms. The van der Waals surface area contributed by atoms with Crippen molar-refractivity contribution in [1.82, 2.24) is 20.2 Å². The zero-order valence-electron chi connectivity index (χ0n) is 16.8. The molecular weight excluding hydrogens is 408 g/mol. The van der Waals surface area contributed by atoms with Gasteiger partial charge in [-0.2, -0.15) is 0 Å². The maximum absolute atomic E-state index is 12.9. The number of amides is 2. The van der Waals surface area contributed by atoms with Gasteiger partial charge in [0.15, 0.2) is 5.16 Å². The first-order valence-electron chi connectivity index (χ1n) is 9.67. The third-order valence-electron chi connectivity index (χ3n) is 4.58. The Morgan fingerprint density at radius 3 is 2.83 bits per heavy atom. The monoisotopic (exact) mass is 432 g/mol. The Balaban J connectivity index is 1.98. The van der Waals surface area contributed by atoms with Crippen LogP contribution in [0.1, 0.15) is 20.3 Å². The zero-order valence-corrected chi connectivity index (χ0v) is 17.6. The number of nitrogens with zero attached hydrogens (tertiary/aromatic N) is 2. The van der Waals surface area contributed by atoms with Gasteiger partial charge in [0.1, 0.15) is 0 Å². The Labute approximate surface area is 177 Å². The van der Waals surface area contributed by atoms with Crippen molar-refractivity contribution in [2.24, 2.45) is 0 Å². The van der Waals surface area contributed by atoms with Crippen LogP contribution < -0.4 is 16.2 Å². The summed E-state index contributed by atoms with van der Waals surface area (Å²) in [5.41, 5.74) is 1.13. The molecule has 0 fully saturated rings. The maximum atomic E-state index is 12.9. The molecule has 1 aliphatic heterocycles. The van der Waals surface area contributed by atoms with Crippen molar-refractivity contribution in [2.75, 3.05) is 19.0 Å². The summed E-state index contributed by atoms with van der Waals surface area (Å²) in [5.74, 6) is -0.284. The Bertz CT molecular complexity index is 1050. The molecule has 1 atom stereocenters. The molecule has 0 aliphatic carbocycles. The predicted molar refractivity (Wildman–Crippen MR) is 113 cm³/mol. The number of aliphatic hydroxyl groups is 1. The second-order valence-electron chi connectivity index (χ2n) is 6.67. The highest BCUT2D eigenvalue weighted by Gasteiger charge is 2.30. The lowest BCUT2D eigenvalue weighted by Crippen LogP contribution is -2.49. The standard InChI is InChI=1S/C20H24N4O5S/c1-3-29-18(27)16-12(2)21-19(28)22-15(16)11-30-20-23-14-8-5-4-7-13(14)17(26)24(20)9-6-10-25/h4-5,7-8,12,25H,3,6,9-11H2,1-2H3,(H2,21,22,28)/t12-/m1/s1. The molecule has 3 rings (SSSR count). The molecule has 0 saturated heterocycles. The molecule has 160 valence electrons. The van der Waals surface area contributed by atoms with Crippen LogP contribution in [0.15, 0.2) is 45.5 Å². The lowest BCUT2D eigenvalue weighted by atomic mass is 10.1. The molecule has 1 aromatic carbocycles. The second kappa shape index (κ2) is 9.77. The molecule has 0 radical (unpaired) electrons. The van der Waals surface area contributed by atoms with Crippen molar-refractivity contribution in [2.45, 2.75) is 38.0 Å². The summed E-state index contributed by atoms with van der Waals surface area (Å²) in [7, 11) is 0. The fourth-order valence-corrected chi connectivity index (χ4v) is 4.21. The number of rotatable bonds is 8. The van der Waals surface area contributed by atoms with Gasteiger partial charge in [-0.25, -0.2) is 14.6 Å². The summed E-state index contributed by atoms with van der Waals surface area (Å²) in [6.07, 6.45) is 0.405. The first-order valence-corrected chi connectivity index (χ1v) is 10.7. The fourth-order valence-electron chi connectivity index (χ4n) is 3.21. The molecule has 2 aromatic rings. The van der Waals surface area contributed by atoms with Crippen molar-refractivity contribution < 1.29 is 19.4 Å². The average molecular weight is 433 g/mol. The van der Waals surface area contributed by atoms with E-state index in [2.05, 4.69) is 15.6 Å². The number of para-hydroxylation sites is 1. The Morgan fingerprint density at radius 2 is 2.10 bits per heavy atom. The number of urea groups is 1. The summed E-state index contributed by atoms with van der Waals surface area (Å²) >= 11 is 1.24. The van der Waals surface area contributed by atoms with Crippen LogP contribution in [-0.2, 0) is 16.1 Å². The van der Waals surface area contributed by atoms with Gasteiger partial charge in [-0.15, -0.1) is 0 Å². The van der Waals surface area contributed by atoms with Crippen LogP contribution >= 0.6 is 11.8 Å². The van der Waals surface area contributed by atoms with E-state index in [1.54, 1.807) is 38.1 Å². The molecule has 0 bridgehead atoms. The lowest BCUT2D eigenvalue weighted by Gasteiger charge is -2.26. The number of hydrogen-bond acceptors (Lipinski definition) is 7. The molecule has 9 nitrogen and oxygen atoms in total. The quantitative estimate of drug-likeness (QED) is 0.327. The molecular formula is C20H24N4O5S. The number of nitrogens with one attached hydrogen (secondary N) is 2. The summed E-state index contributed by atoms with van der Waals surface area (Å²) in [6, 6.07) is 6.14. The summed E-state index contributed by atoms with van der Waals surface area (Å²) in [6.45, 7) is 3.90. The molecule has 10 heteroatoms. The highest BCUT2D eigenvalue weighted by Crippen LogP contribution is 2.24. The Morgan fingerprint density at radius 1 is 1.33 bits per heavy atom. The smallest absolute Gasteiger partial charge is 0.337 e. The number of esters is 1. The number of thioether (sulfide) groups is 1. The molecule has 2 amide bonds. The number of carbonyl (C=O) groups excluding carboxylic acids is 2. The number of ether oxygens (including phenoxy) is 1. The molecule has 1 aliphatic rings. The van der Waals surface area contributed by atoms with Gasteiger partial charge in [-0.1, -0.05) is 23.9 Å². The van der Waals surface area contributed by atoms with E-state index in [0.717, 1.165) is 0 Å². The van der Waals surface area contributed by atoms with E-state index in [4.69, 9.17) is 4.74 Å². The van der Waals surface area contributed by atoms with Crippen LogP contribution in [0.25, 0.3) is 10.9 Å². The summed E-state index contributed by atoms with van der Waals surface area (Å²) < 4.78 is 6.64. The van der Waals surface area contributed by atoms with Crippen LogP contribution in [0.4, 0.5) is 4.79 Å². The first kappa shape index (κ1) is 21.8. The van der Waals surface area contributed by atoms with Crippen molar-refractivity contribution in [3.8, 4) is 0 Å². The van der Waals surface area contributed by atoms with Crippen LogP contribution in [-0.4, -0.2) is 51.7 Å². The largest absolute Gasteiger partial charge is 0.463 e. The van der Waals surface area contributed by atoms with Crippen LogP contribution in [0, 0.1) is 0 Å². The van der Waals surface area contributed by atoms with Gasteiger partial charge in [0.25, 0.3) is 5.56 Å². The van der Waals surface area contributed by atoms with Gasteiger partial charge in [-0.05, 0) is 32.4 Å². The van der Waals surface area contributed by atoms with E-state index in [-0.39, 0.29) is 24.5 Å². The van der Waals surface area contributed by atoms with E-state index in [9.17, 15) is 19.5 Å². The van der Waals surface area contributed by atoms with Gasteiger partial charge in [0.05, 0.1) is 29.1 Å². The van der Waals surface area contributed by atoms with Gasteiger partial charge in [-0.3, -0.25) is 9.36 Å². The SMILES string of the molecule is CCOC(=O)C1=C(CSc2nc3ccccc3c(=O)n2CCCO)NC(=O)N[C@@H]1C. The van der Waals surface area contributed by atoms with Crippen LogP contribution in [0.2, 0.25) is 0 Å². The molecule has 1 aromatic heterocycles. The minimum Gasteiger partial charge on any atom is -0.463 e. The number of hydrogen-bond donors (Lipinski definition) is 3. The summed E-state index contributed by atoms with van der Waals surface area (Å²) in [4.78, 5) is 41.9. The predicted octanol–water partition coefficient (Wildman–Crippen LogP) is 1.39. The number of aromatic nitrogens is 2. The topological polar surface area (TPSA) is 123 Å². The van der Waals surface area contributed by atoms with Gasteiger partial charge in [0.2, 0.25) is 0 Å². The van der Waals surface area contributed by atoms with Gasteiger partial charge < -0.3 is 20.5 Å². The number of carbonyl (C=O) groups is 2. The van der Waals surface area contributed by atoms with Crippen LogP contribution in [0.5, 0.6) is 0 Å². The summed E-state index contributed by atoms with van der Waals surface area (Å²) in [5, 5.41) is 15.5. The highest BCUT2D eigenvalue weighted by molar-refractivity contribution is 7.99. The Kier molecular flexibility index (Phi) is 7.11. The maximum Gasteiger partial charge on any atom is 0.337 e. The second-order valence-corrected chi connectivity index (χ2v) is 7.61. The first-order chi connectivity index (χ1) is 14.5. The number of aliphatic hydroxyl groups excluding tert-OH is 1. The van der Waals surface area contributed by atoms with E-state index in [1.807, 2.05) is 0 Å². The van der Waals surface area contributed by atoms with Gasteiger partial charge >= 0.3 is 12.0 Å². The highest BCUT2D eigenvalue weighted by atomic mass is 32.2. The number of benzene rings is 1. The van der Waals surface area contributed by atoms with Crippen molar-refractivity contribution in [3.63, 3.8) is 0 Å². The van der Waals surface area contributed by atoms with Gasteiger partial charge in [0, 0.05) is 24.6 Å².